The number of amides is 1. The van der Waals surface area contributed by atoms with Crippen LogP contribution in [0.5, 0.6) is 5.75 Å². The van der Waals surface area contributed by atoms with Gasteiger partial charge in [0, 0.05) is 29.9 Å². The average molecular weight is 451 g/mol. The minimum absolute atomic E-state index is 0.0553. The van der Waals surface area contributed by atoms with E-state index in [1.807, 2.05) is 13.0 Å². The molecule has 1 heterocycles. The van der Waals surface area contributed by atoms with Crippen LogP contribution in [-0.2, 0) is 19.6 Å². The lowest BCUT2D eigenvalue weighted by atomic mass is 10.2. The van der Waals surface area contributed by atoms with Crippen LogP contribution in [0.25, 0.3) is 6.08 Å². The maximum atomic E-state index is 13.0. The van der Waals surface area contributed by atoms with Crippen molar-refractivity contribution in [2.45, 2.75) is 11.8 Å². The molecule has 0 aliphatic carbocycles. The van der Waals surface area contributed by atoms with Gasteiger partial charge in [-0.25, -0.2) is 8.42 Å². The number of carbonyl (C=O) groups is 1. The van der Waals surface area contributed by atoms with Gasteiger partial charge in [0.2, 0.25) is 15.9 Å². The standard InChI is InChI=1S/C21H23ClN2O5S/c1-15-3-6-17(14-18(15)22)23-21(25)8-5-16-4-7-19(28-2)20(13-16)30(26,27)24-9-11-29-12-10-24/h3-8,13-14H,9-12H2,1-2H3,(H,23,25)/b8-5+. The maximum Gasteiger partial charge on any atom is 0.248 e. The number of morpholine rings is 1. The lowest BCUT2D eigenvalue weighted by Crippen LogP contribution is -2.40. The first kappa shape index (κ1) is 22.3. The van der Waals surface area contributed by atoms with Crippen molar-refractivity contribution in [3.63, 3.8) is 0 Å². The number of benzene rings is 2. The number of hydrogen-bond acceptors (Lipinski definition) is 5. The molecule has 2 aromatic carbocycles. The zero-order valence-electron chi connectivity index (χ0n) is 16.7. The summed E-state index contributed by atoms with van der Waals surface area (Å²) < 4.78 is 37.9. The van der Waals surface area contributed by atoms with Crippen molar-refractivity contribution in [2.75, 3.05) is 38.7 Å². The Morgan fingerprint density at radius 2 is 1.93 bits per heavy atom. The molecule has 0 aromatic heterocycles. The number of methoxy groups -OCH3 is 1. The van der Waals surface area contributed by atoms with Crippen molar-refractivity contribution in [3.8, 4) is 5.75 Å². The molecule has 1 saturated heterocycles. The normalized spacial score (nSPS) is 15.3. The van der Waals surface area contributed by atoms with Gasteiger partial charge in [-0.2, -0.15) is 4.31 Å². The number of nitrogens with one attached hydrogen (secondary N) is 1. The summed E-state index contributed by atoms with van der Waals surface area (Å²) in [6.07, 6.45) is 2.88. The maximum absolute atomic E-state index is 13.0. The molecule has 30 heavy (non-hydrogen) atoms. The van der Waals surface area contributed by atoms with Gasteiger partial charge in [0.05, 0.1) is 20.3 Å². The van der Waals surface area contributed by atoms with Gasteiger partial charge < -0.3 is 14.8 Å². The fraction of sp³-hybridized carbons (Fsp3) is 0.286. The van der Waals surface area contributed by atoms with E-state index in [0.717, 1.165) is 5.56 Å². The van der Waals surface area contributed by atoms with Crippen LogP contribution in [-0.4, -0.2) is 52.0 Å². The van der Waals surface area contributed by atoms with E-state index in [4.69, 9.17) is 21.1 Å². The summed E-state index contributed by atoms with van der Waals surface area (Å²) in [5, 5.41) is 3.28. The van der Waals surface area contributed by atoms with E-state index in [2.05, 4.69) is 5.32 Å². The van der Waals surface area contributed by atoms with Gasteiger partial charge >= 0.3 is 0 Å². The van der Waals surface area contributed by atoms with Gasteiger partial charge in [0.1, 0.15) is 10.6 Å². The third-order valence-corrected chi connectivity index (χ3v) is 6.97. The van der Waals surface area contributed by atoms with Crippen molar-refractivity contribution < 1.29 is 22.7 Å². The van der Waals surface area contributed by atoms with Gasteiger partial charge in [-0.15, -0.1) is 0 Å². The van der Waals surface area contributed by atoms with Crippen LogP contribution in [0.3, 0.4) is 0 Å². The molecule has 1 aliphatic heterocycles. The fourth-order valence-electron chi connectivity index (χ4n) is 2.95. The highest BCUT2D eigenvalue weighted by Gasteiger charge is 2.29. The highest BCUT2D eigenvalue weighted by atomic mass is 35.5. The molecule has 1 amide bonds. The van der Waals surface area contributed by atoms with Crippen molar-refractivity contribution in [1.82, 2.24) is 4.31 Å². The Balaban J connectivity index is 1.80. The molecule has 0 spiro atoms. The largest absolute Gasteiger partial charge is 0.495 e. The summed E-state index contributed by atoms with van der Waals surface area (Å²) in [5.74, 6) is -0.110. The lowest BCUT2D eigenvalue weighted by Gasteiger charge is -2.26. The van der Waals surface area contributed by atoms with Crippen molar-refractivity contribution in [1.29, 1.82) is 0 Å². The average Bonchev–Trinajstić information content (AvgIpc) is 2.75. The first-order chi connectivity index (χ1) is 14.3. The molecule has 0 unspecified atom stereocenters. The molecular weight excluding hydrogens is 428 g/mol. The van der Waals surface area contributed by atoms with Crippen LogP contribution < -0.4 is 10.1 Å². The topological polar surface area (TPSA) is 84.9 Å². The predicted molar refractivity (Wildman–Crippen MR) is 116 cm³/mol. The molecule has 0 bridgehead atoms. The zero-order valence-corrected chi connectivity index (χ0v) is 18.3. The first-order valence-electron chi connectivity index (χ1n) is 9.32. The second-order valence-corrected chi connectivity index (χ2v) is 9.03. The third kappa shape index (κ3) is 5.20. The Labute approximate surface area is 181 Å². The number of hydrogen-bond donors (Lipinski definition) is 1. The van der Waals surface area contributed by atoms with Crippen LogP contribution in [0.2, 0.25) is 5.02 Å². The van der Waals surface area contributed by atoms with Crippen molar-refractivity contribution in [2.24, 2.45) is 0 Å². The van der Waals surface area contributed by atoms with Gasteiger partial charge in [-0.3, -0.25) is 4.79 Å². The van der Waals surface area contributed by atoms with Crippen LogP contribution in [0, 0.1) is 6.92 Å². The fourth-order valence-corrected chi connectivity index (χ4v) is 4.73. The number of nitrogens with zero attached hydrogens (tertiary/aromatic N) is 1. The Kier molecular flexibility index (Phi) is 7.14. The van der Waals surface area contributed by atoms with Crippen LogP contribution in [0.1, 0.15) is 11.1 Å². The second kappa shape index (κ2) is 9.61. The van der Waals surface area contributed by atoms with Crippen LogP contribution in [0.4, 0.5) is 5.69 Å². The molecule has 7 nitrogen and oxygen atoms in total. The quantitative estimate of drug-likeness (QED) is 0.682. The second-order valence-electron chi connectivity index (χ2n) is 6.71. The summed E-state index contributed by atoms with van der Waals surface area (Å²) >= 11 is 6.07. The molecule has 2 aromatic rings. The number of carbonyl (C=O) groups excluding carboxylic acids is 1. The van der Waals surface area contributed by atoms with Crippen LogP contribution in [0.15, 0.2) is 47.4 Å². The van der Waals surface area contributed by atoms with E-state index in [0.29, 0.717) is 29.5 Å². The molecule has 9 heteroatoms. The Morgan fingerprint density at radius 3 is 2.60 bits per heavy atom. The molecule has 3 rings (SSSR count). The van der Waals surface area contributed by atoms with Gasteiger partial charge in [0.25, 0.3) is 0 Å². The highest BCUT2D eigenvalue weighted by molar-refractivity contribution is 7.89. The number of aryl methyl sites for hydroxylation is 1. The molecule has 1 fully saturated rings. The minimum atomic E-state index is -3.74. The van der Waals surface area contributed by atoms with E-state index in [1.165, 1.54) is 23.6 Å². The van der Waals surface area contributed by atoms with Gasteiger partial charge in [0.15, 0.2) is 0 Å². The third-order valence-electron chi connectivity index (χ3n) is 4.64. The number of rotatable bonds is 6. The zero-order chi connectivity index (χ0) is 21.7. The minimum Gasteiger partial charge on any atom is -0.495 e. The first-order valence-corrected chi connectivity index (χ1v) is 11.1. The van der Waals surface area contributed by atoms with E-state index < -0.39 is 10.0 Å². The summed E-state index contributed by atoms with van der Waals surface area (Å²) in [7, 11) is -2.32. The highest BCUT2D eigenvalue weighted by Crippen LogP contribution is 2.29. The van der Waals surface area contributed by atoms with Gasteiger partial charge in [-0.05, 0) is 48.4 Å². The molecule has 0 saturated carbocycles. The van der Waals surface area contributed by atoms with Crippen molar-refractivity contribution in [3.05, 3.63) is 58.6 Å². The smallest absolute Gasteiger partial charge is 0.248 e. The Bertz CT molecular complexity index is 1060. The number of anilines is 1. The summed E-state index contributed by atoms with van der Waals surface area (Å²) in [5.41, 5.74) is 2.04. The molecule has 1 N–H and O–H groups in total. The molecule has 160 valence electrons. The number of halogens is 1. The Hall–Kier alpha value is -2.39. The van der Waals surface area contributed by atoms with E-state index in [-0.39, 0.29) is 29.6 Å². The van der Waals surface area contributed by atoms with E-state index in [9.17, 15) is 13.2 Å². The van der Waals surface area contributed by atoms with Gasteiger partial charge in [-0.1, -0.05) is 23.7 Å². The monoisotopic (exact) mass is 450 g/mol. The summed E-state index contributed by atoms with van der Waals surface area (Å²) in [6.45, 7) is 3.15. The Morgan fingerprint density at radius 1 is 1.20 bits per heavy atom. The molecule has 0 atom stereocenters. The van der Waals surface area contributed by atoms with E-state index in [1.54, 1.807) is 30.3 Å². The molecule has 1 aliphatic rings. The lowest BCUT2D eigenvalue weighted by molar-refractivity contribution is -0.111. The van der Waals surface area contributed by atoms with Crippen molar-refractivity contribution >= 4 is 39.3 Å². The molecule has 0 radical (unpaired) electrons. The SMILES string of the molecule is COc1ccc(/C=C/C(=O)Nc2ccc(C)c(Cl)c2)cc1S(=O)(=O)N1CCOCC1. The van der Waals surface area contributed by atoms with E-state index >= 15 is 0 Å². The number of sulfonamides is 1. The molecular formula is C21H23ClN2O5S. The van der Waals surface area contributed by atoms with Crippen LogP contribution >= 0.6 is 11.6 Å². The summed E-state index contributed by atoms with van der Waals surface area (Å²) in [6, 6.07) is 9.99. The number of ether oxygens (including phenoxy) is 2. The predicted octanol–water partition coefficient (Wildman–Crippen LogP) is 3.33. The summed E-state index contributed by atoms with van der Waals surface area (Å²) in [4.78, 5) is 12.3.